The van der Waals surface area contributed by atoms with Crippen molar-refractivity contribution in [2.75, 3.05) is 11.9 Å². The predicted octanol–water partition coefficient (Wildman–Crippen LogP) is 3.66. The first-order valence-electron chi connectivity index (χ1n) is 7.44. The lowest BCUT2D eigenvalue weighted by molar-refractivity contribution is -0.115. The average molecular weight is 292 g/mol. The molecule has 1 saturated carbocycles. The largest absolute Gasteiger partial charge is 0.324 e. The van der Waals surface area contributed by atoms with Crippen LogP contribution < -0.4 is 10.6 Å². The highest BCUT2D eigenvalue weighted by atomic mass is 32.2. The van der Waals surface area contributed by atoms with Crippen molar-refractivity contribution < 1.29 is 4.79 Å². The van der Waals surface area contributed by atoms with Crippen LogP contribution in [0.5, 0.6) is 0 Å². The highest BCUT2D eigenvalue weighted by Crippen LogP contribution is 2.37. The molecule has 0 unspecified atom stereocenters. The summed E-state index contributed by atoms with van der Waals surface area (Å²) >= 11 is 1.91. The number of amides is 1. The van der Waals surface area contributed by atoms with Crippen molar-refractivity contribution in [2.24, 2.45) is 0 Å². The predicted molar refractivity (Wildman–Crippen MR) is 86.3 cm³/mol. The van der Waals surface area contributed by atoms with Gasteiger partial charge < -0.3 is 10.6 Å². The summed E-state index contributed by atoms with van der Waals surface area (Å²) in [6.07, 6.45) is 5.26. The summed E-state index contributed by atoms with van der Waals surface area (Å²) in [4.78, 5) is 13.1. The fraction of sp³-hybridized carbons (Fsp3) is 0.562. The Morgan fingerprint density at radius 1 is 1.30 bits per heavy atom. The van der Waals surface area contributed by atoms with Crippen molar-refractivity contribution in [3.63, 3.8) is 0 Å². The number of para-hydroxylation sites is 1. The van der Waals surface area contributed by atoms with Gasteiger partial charge in [0.25, 0.3) is 0 Å². The molecule has 0 aliphatic heterocycles. The number of hydrogen-bond acceptors (Lipinski definition) is 3. The minimum absolute atomic E-state index is 0.0261. The van der Waals surface area contributed by atoms with E-state index in [4.69, 9.17) is 0 Å². The number of benzene rings is 1. The molecular weight excluding hydrogens is 268 g/mol. The van der Waals surface area contributed by atoms with Gasteiger partial charge in [-0.25, -0.2) is 0 Å². The van der Waals surface area contributed by atoms with Gasteiger partial charge in [-0.15, -0.1) is 11.8 Å². The molecule has 0 aromatic heterocycles. The summed E-state index contributed by atoms with van der Waals surface area (Å²) in [6.45, 7) is 4.44. The van der Waals surface area contributed by atoms with Gasteiger partial charge in [-0.1, -0.05) is 38.8 Å². The number of thioether (sulfide) groups is 1. The monoisotopic (exact) mass is 292 g/mol. The van der Waals surface area contributed by atoms with Crippen LogP contribution in [0.2, 0.25) is 0 Å². The van der Waals surface area contributed by atoms with Crippen LogP contribution in [0, 0.1) is 0 Å². The van der Waals surface area contributed by atoms with Crippen molar-refractivity contribution in [3.8, 4) is 0 Å². The van der Waals surface area contributed by atoms with Gasteiger partial charge in [0, 0.05) is 16.2 Å². The number of carbonyl (C=O) groups is 1. The Hall–Kier alpha value is -1.00. The third-order valence-electron chi connectivity index (χ3n) is 3.43. The second-order valence-corrected chi connectivity index (χ2v) is 6.95. The maximum Gasteiger partial charge on any atom is 0.238 e. The molecule has 1 aromatic rings. The smallest absolute Gasteiger partial charge is 0.238 e. The molecule has 0 radical (unpaired) electrons. The number of rotatable bonds is 6. The van der Waals surface area contributed by atoms with E-state index < -0.39 is 0 Å². The lowest BCUT2D eigenvalue weighted by Crippen LogP contribution is -2.32. The van der Waals surface area contributed by atoms with Crippen LogP contribution >= 0.6 is 11.8 Å². The van der Waals surface area contributed by atoms with Crippen LogP contribution in [0.4, 0.5) is 5.69 Å². The SMILES string of the molecule is CC(C)NCC(=O)Nc1ccccc1SC1CCCC1. The summed E-state index contributed by atoms with van der Waals surface area (Å²) in [7, 11) is 0. The van der Waals surface area contributed by atoms with Crippen LogP contribution in [0.15, 0.2) is 29.2 Å². The van der Waals surface area contributed by atoms with Gasteiger partial charge in [-0.05, 0) is 25.0 Å². The normalized spacial score (nSPS) is 15.8. The zero-order chi connectivity index (χ0) is 14.4. The highest BCUT2D eigenvalue weighted by Gasteiger charge is 2.18. The lowest BCUT2D eigenvalue weighted by Gasteiger charge is -2.14. The fourth-order valence-electron chi connectivity index (χ4n) is 2.35. The number of hydrogen-bond donors (Lipinski definition) is 2. The van der Waals surface area contributed by atoms with Gasteiger partial charge >= 0.3 is 0 Å². The van der Waals surface area contributed by atoms with Crippen LogP contribution in [-0.2, 0) is 4.79 Å². The summed E-state index contributed by atoms with van der Waals surface area (Å²) < 4.78 is 0. The van der Waals surface area contributed by atoms with E-state index in [0.717, 1.165) is 5.69 Å². The van der Waals surface area contributed by atoms with E-state index in [1.165, 1.54) is 30.6 Å². The first kappa shape index (κ1) is 15.4. The highest BCUT2D eigenvalue weighted by molar-refractivity contribution is 8.00. The van der Waals surface area contributed by atoms with Crippen LogP contribution in [-0.4, -0.2) is 23.7 Å². The molecule has 110 valence electrons. The van der Waals surface area contributed by atoms with E-state index in [0.29, 0.717) is 17.8 Å². The number of carbonyl (C=O) groups excluding carboxylic acids is 1. The minimum Gasteiger partial charge on any atom is -0.324 e. The number of nitrogens with one attached hydrogen (secondary N) is 2. The van der Waals surface area contributed by atoms with Gasteiger partial charge in [0.15, 0.2) is 0 Å². The van der Waals surface area contributed by atoms with Crippen molar-refractivity contribution in [1.82, 2.24) is 5.32 Å². The fourth-order valence-corrected chi connectivity index (χ4v) is 3.68. The van der Waals surface area contributed by atoms with E-state index in [9.17, 15) is 4.79 Å². The van der Waals surface area contributed by atoms with Gasteiger partial charge in [0.2, 0.25) is 5.91 Å². The third-order valence-corrected chi connectivity index (χ3v) is 4.84. The average Bonchev–Trinajstić information content (AvgIpc) is 2.92. The first-order chi connectivity index (χ1) is 9.65. The van der Waals surface area contributed by atoms with Gasteiger partial charge in [-0.2, -0.15) is 0 Å². The Bertz CT molecular complexity index is 442. The second kappa shape index (κ2) is 7.70. The van der Waals surface area contributed by atoms with E-state index in [1.54, 1.807) is 0 Å². The van der Waals surface area contributed by atoms with Crippen molar-refractivity contribution in [2.45, 2.75) is 55.7 Å². The molecule has 1 aromatic carbocycles. The second-order valence-electron chi connectivity index (χ2n) is 5.60. The maximum atomic E-state index is 11.9. The summed E-state index contributed by atoms with van der Waals surface area (Å²) in [5, 5.41) is 6.87. The van der Waals surface area contributed by atoms with Crippen molar-refractivity contribution >= 4 is 23.4 Å². The molecule has 2 rings (SSSR count). The van der Waals surface area contributed by atoms with Gasteiger partial charge in [-0.3, -0.25) is 4.79 Å². The number of anilines is 1. The summed E-state index contributed by atoms with van der Waals surface area (Å²) in [6, 6.07) is 8.44. The lowest BCUT2D eigenvalue weighted by atomic mass is 10.3. The molecule has 0 spiro atoms. The summed E-state index contributed by atoms with van der Waals surface area (Å²) in [5.41, 5.74) is 0.944. The molecule has 0 saturated heterocycles. The first-order valence-corrected chi connectivity index (χ1v) is 8.32. The van der Waals surface area contributed by atoms with E-state index in [2.05, 4.69) is 16.7 Å². The molecule has 1 aliphatic carbocycles. The third kappa shape index (κ3) is 4.84. The molecular formula is C16H24N2OS. The molecule has 1 aliphatic rings. The van der Waals surface area contributed by atoms with E-state index in [1.807, 2.05) is 43.8 Å². The van der Waals surface area contributed by atoms with E-state index in [-0.39, 0.29) is 5.91 Å². The van der Waals surface area contributed by atoms with Crippen LogP contribution in [0.25, 0.3) is 0 Å². The quantitative estimate of drug-likeness (QED) is 0.841. The van der Waals surface area contributed by atoms with Crippen LogP contribution in [0.3, 0.4) is 0 Å². The standard InChI is InChI=1S/C16H24N2OS/c1-12(2)17-11-16(19)18-14-9-5-6-10-15(14)20-13-7-3-4-8-13/h5-6,9-10,12-13,17H,3-4,7-8,11H2,1-2H3,(H,18,19). The summed E-state index contributed by atoms with van der Waals surface area (Å²) in [5.74, 6) is 0.0261. The van der Waals surface area contributed by atoms with Gasteiger partial charge in [0.05, 0.1) is 12.2 Å². The molecule has 1 fully saturated rings. The molecule has 2 N–H and O–H groups in total. The van der Waals surface area contributed by atoms with E-state index >= 15 is 0 Å². The maximum absolute atomic E-state index is 11.9. The van der Waals surface area contributed by atoms with Crippen molar-refractivity contribution in [3.05, 3.63) is 24.3 Å². The Balaban J connectivity index is 1.94. The Morgan fingerprint density at radius 2 is 2.00 bits per heavy atom. The molecule has 3 nitrogen and oxygen atoms in total. The molecule has 0 atom stereocenters. The zero-order valence-electron chi connectivity index (χ0n) is 12.3. The van der Waals surface area contributed by atoms with Gasteiger partial charge in [0.1, 0.15) is 0 Å². The molecule has 4 heteroatoms. The minimum atomic E-state index is 0.0261. The molecule has 1 amide bonds. The Labute approximate surface area is 125 Å². The van der Waals surface area contributed by atoms with Crippen molar-refractivity contribution in [1.29, 1.82) is 0 Å². The Kier molecular flexibility index (Phi) is 5.92. The molecule has 20 heavy (non-hydrogen) atoms. The Morgan fingerprint density at radius 3 is 2.70 bits per heavy atom. The topological polar surface area (TPSA) is 41.1 Å². The van der Waals surface area contributed by atoms with Crippen LogP contribution in [0.1, 0.15) is 39.5 Å². The zero-order valence-corrected chi connectivity index (χ0v) is 13.1. The molecule has 0 bridgehead atoms. The molecule has 0 heterocycles.